The summed E-state index contributed by atoms with van der Waals surface area (Å²) >= 11 is 0. The van der Waals surface area contributed by atoms with Crippen LogP contribution in [0.2, 0.25) is 0 Å². The van der Waals surface area contributed by atoms with Crippen molar-refractivity contribution in [2.45, 2.75) is 13.8 Å². The molecule has 1 aliphatic rings. The van der Waals surface area contributed by atoms with Crippen LogP contribution in [0.5, 0.6) is 0 Å². The average molecular weight is 685 g/mol. The van der Waals surface area contributed by atoms with Crippen LogP contribution in [0, 0.1) is 26.0 Å². The number of pyridine rings is 2. The third kappa shape index (κ3) is 5.55. The van der Waals surface area contributed by atoms with Gasteiger partial charge in [0, 0.05) is 50.0 Å². The first-order valence-electron chi connectivity index (χ1n) is 12.3. The summed E-state index contributed by atoms with van der Waals surface area (Å²) in [5.41, 5.74) is 7.77. The van der Waals surface area contributed by atoms with Crippen molar-refractivity contribution >= 4 is 39.5 Å². The predicted molar refractivity (Wildman–Crippen MR) is 149 cm³/mol. The summed E-state index contributed by atoms with van der Waals surface area (Å²) in [5, 5.41) is 2.04. The van der Waals surface area contributed by atoms with E-state index in [4.69, 9.17) is 4.42 Å². The van der Waals surface area contributed by atoms with Crippen molar-refractivity contribution in [3.63, 3.8) is 0 Å². The number of hydrogen-bond donors (Lipinski definition) is 0. The molecule has 7 rings (SSSR count). The van der Waals surface area contributed by atoms with Gasteiger partial charge in [-0.25, -0.2) is 4.98 Å². The number of benzene rings is 3. The molecular formula is C33H24IrN4O. The quantitative estimate of drug-likeness (QED) is 0.143. The van der Waals surface area contributed by atoms with Crippen LogP contribution < -0.4 is 0 Å². The fourth-order valence-electron chi connectivity index (χ4n) is 4.49. The summed E-state index contributed by atoms with van der Waals surface area (Å²) in [4.78, 5) is 8.54. The second kappa shape index (κ2) is 11.5. The Morgan fingerprint density at radius 3 is 2.31 bits per heavy atom. The van der Waals surface area contributed by atoms with E-state index in [2.05, 4.69) is 60.2 Å². The Labute approximate surface area is 240 Å². The molecule has 0 unspecified atom stereocenters. The number of hydrogen-bond acceptors (Lipinski definition) is 3. The van der Waals surface area contributed by atoms with Crippen LogP contribution in [0.15, 0.2) is 114 Å². The normalized spacial score (nSPS) is 11.9. The summed E-state index contributed by atoms with van der Waals surface area (Å²) in [6, 6.07) is 37.8. The second-order valence-electron chi connectivity index (χ2n) is 9.00. The predicted octanol–water partition coefficient (Wildman–Crippen LogP) is 7.59. The van der Waals surface area contributed by atoms with Gasteiger partial charge in [0.25, 0.3) is 12.4 Å². The Morgan fingerprint density at radius 1 is 0.744 bits per heavy atom. The molecule has 1 aliphatic heterocycles. The Balaban J connectivity index is 0.000000200. The topological polar surface area (TPSA) is 44.9 Å². The third-order valence-electron chi connectivity index (χ3n) is 6.15. The summed E-state index contributed by atoms with van der Waals surface area (Å²) in [6.45, 7) is 4.20. The second-order valence-corrected chi connectivity index (χ2v) is 9.00. The Hall–Kier alpha value is -4.47. The van der Waals surface area contributed by atoms with Crippen molar-refractivity contribution in [3.05, 3.63) is 133 Å². The summed E-state index contributed by atoms with van der Waals surface area (Å²) in [5.74, 6) is 0. The number of rotatable bonds is 3. The van der Waals surface area contributed by atoms with Crippen molar-refractivity contribution in [1.82, 2.24) is 9.97 Å². The molecule has 0 fully saturated rings. The maximum absolute atomic E-state index is 6.00. The van der Waals surface area contributed by atoms with Gasteiger partial charge < -0.3 is 9.40 Å². The molecule has 0 spiro atoms. The fraction of sp³-hybridized carbons (Fsp3) is 0.0606. The van der Waals surface area contributed by atoms with Crippen LogP contribution in [0.4, 0.5) is 11.4 Å². The van der Waals surface area contributed by atoms with Crippen LogP contribution in [0.3, 0.4) is 0 Å². The standard InChI is InChI=1S/C22H16N3O.C11H8N.Ir/c1-15-11-16(2)13-17(12-15)24-9-10-25(14-24)20-7-3-5-18-19-6-4-8-23-22(19)26-21(18)20;1-2-6-10(7-3-1)11-8-4-5-9-12-11;/h3-6,8-13H,1-2H3;1-6,8-9H;/q+1;-1;. The van der Waals surface area contributed by atoms with Gasteiger partial charge >= 0.3 is 6.01 Å². The van der Waals surface area contributed by atoms with Gasteiger partial charge in [0.1, 0.15) is 0 Å². The van der Waals surface area contributed by atoms with E-state index < -0.39 is 0 Å². The SMILES string of the molecule is Cc1cc(C)cc([N+]2=C=[N+](c3[c-]ccc4c3oc3ncccc34)C=C2)c1.[Ir].[c-]1ccccc1-c1ccccn1. The number of aryl methyl sites for hydroxylation is 2. The monoisotopic (exact) mass is 685 g/mol. The Kier molecular flexibility index (Phi) is 7.71. The number of nitrogens with zero attached hydrogens (tertiary/aromatic N) is 4. The van der Waals surface area contributed by atoms with E-state index in [0.29, 0.717) is 5.71 Å². The molecule has 3 aromatic carbocycles. The first-order chi connectivity index (χ1) is 18.7. The van der Waals surface area contributed by atoms with Crippen LogP contribution in [-0.4, -0.2) is 25.1 Å². The molecule has 0 aliphatic carbocycles. The summed E-state index contributed by atoms with van der Waals surface area (Å²) < 4.78 is 9.88. The largest absolute Gasteiger partial charge is 0.500 e. The van der Waals surface area contributed by atoms with Crippen LogP contribution in [0.25, 0.3) is 33.3 Å². The van der Waals surface area contributed by atoms with E-state index in [1.165, 1.54) is 11.1 Å². The molecule has 1 radical (unpaired) electrons. The van der Waals surface area contributed by atoms with Gasteiger partial charge in [-0.15, -0.1) is 42.0 Å². The number of fused-ring (bicyclic) bond motifs is 3. The smallest absolute Gasteiger partial charge is 0.495 e. The van der Waals surface area contributed by atoms with Crippen molar-refractivity contribution in [2.75, 3.05) is 0 Å². The number of furan rings is 1. The van der Waals surface area contributed by atoms with Crippen molar-refractivity contribution in [3.8, 4) is 11.3 Å². The van der Waals surface area contributed by atoms with E-state index in [1.807, 2.05) is 88.3 Å². The van der Waals surface area contributed by atoms with Gasteiger partial charge in [0.2, 0.25) is 11.4 Å². The summed E-state index contributed by atoms with van der Waals surface area (Å²) in [7, 11) is 0. The summed E-state index contributed by atoms with van der Waals surface area (Å²) in [6.07, 6.45) is 7.48. The van der Waals surface area contributed by atoms with E-state index in [0.717, 1.165) is 39.0 Å². The third-order valence-corrected chi connectivity index (χ3v) is 6.15. The molecule has 0 amide bonds. The van der Waals surface area contributed by atoms with Gasteiger partial charge in [0.15, 0.2) is 5.69 Å². The molecule has 0 atom stereocenters. The van der Waals surface area contributed by atoms with E-state index >= 15 is 0 Å². The average Bonchev–Trinajstić information content (AvgIpc) is 3.59. The molecule has 3 aromatic heterocycles. The Morgan fingerprint density at radius 2 is 1.54 bits per heavy atom. The van der Waals surface area contributed by atoms with Crippen LogP contribution >= 0.6 is 0 Å². The van der Waals surface area contributed by atoms with Gasteiger partial charge in [-0.3, -0.25) is 0 Å². The zero-order chi connectivity index (χ0) is 25.9. The van der Waals surface area contributed by atoms with Crippen molar-refractivity contribution < 1.29 is 33.7 Å². The van der Waals surface area contributed by atoms with Crippen molar-refractivity contribution in [2.24, 2.45) is 0 Å². The Bertz CT molecular complexity index is 1810. The van der Waals surface area contributed by atoms with Gasteiger partial charge in [-0.05, 0) is 48.9 Å². The van der Waals surface area contributed by atoms with E-state index in [9.17, 15) is 0 Å². The molecule has 0 bridgehead atoms. The first kappa shape index (κ1) is 26.1. The minimum absolute atomic E-state index is 0. The molecule has 191 valence electrons. The van der Waals surface area contributed by atoms with E-state index in [-0.39, 0.29) is 20.1 Å². The molecule has 6 aromatic rings. The zero-order valence-electron chi connectivity index (χ0n) is 21.4. The number of aromatic nitrogens is 2. The minimum Gasteiger partial charge on any atom is -0.495 e. The minimum atomic E-state index is 0. The van der Waals surface area contributed by atoms with Crippen LogP contribution in [-0.2, 0) is 20.1 Å². The maximum atomic E-state index is 6.00. The first-order valence-corrected chi connectivity index (χ1v) is 12.3. The zero-order valence-corrected chi connectivity index (χ0v) is 23.8. The molecule has 39 heavy (non-hydrogen) atoms. The van der Waals surface area contributed by atoms with Crippen molar-refractivity contribution in [1.29, 1.82) is 0 Å². The van der Waals surface area contributed by atoms with E-state index in [1.54, 1.807) is 12.4 Å². The molecule has 0 saturated heterocycles. The molecule has 6 heteroatoms. The molecule has 0 saturated carbocycles. The molecule has 0 N–H and O–H groups in total. The maximum Gasteiger partial charge on any atom is 0.500 e. The molecule has 5 nitrogen and oxygen atoms in total. The van der Waals surface area contributed by atoms with Gasteiger partial charge in [-0.1, -0.05) is 32.7 Å². The van der Waals surface area contributed by atoms with Crippen LogP contribution in [0.1, 0.15) is 11.1 Å². The van der Waals surface area contributed by atoms with Gasteiger partial charge in [0.05, 0.1) is 5.58 Å². The van der Waals surface area contributed by atoms with Gasteiger partial charge in [-0.2, -0.15) is 12.1 Å². The molecular weight excluding hydrogens is 661 g/mol. The fourth-order valence-corrected chi connectivity index (χ4v) is 4.49. The molecule has 4 heterocycles.